The Morgan fingerprint density at radius 3 is 2.34 bits per heavy atom. The fourth-order valence-electron chi connectivity index (χ4n) is 3.41. The van der Waals surface area contributed by atoms with Gasteiger partial charge in [0.1, 0.15) is 5.82 Å². The first kappa shape index (κ1) is 23.0. The summed E-state index contributed by atoms with van der Waals surface area (Å²) in [6.45, 7) is 9.90. The molecule has 2 aromatic heterocycles. The van der Waals surface area contributed by atoms with Gasteiger partial charge in [-0.1, -0.05) is 45.9 Å². The highest BCUT2D eigenvalue weighted by atomic mass is 16.2. The third kappa shape index (κ3) is 4.63. The van der Waals surface area contributed by atoms with Crippen molar-refractivity contribution in [1.82, 2.24) is 24.5 Å². The number of amides is 1. The highest BCUT2D eigenvalue weighted by Gasteiger charge is 2.29. The molecule has 0 spiro atoms. The Labute approximate surface area is 185 Å². The number of nitrogens with two attached hydrogens (primary N) is 1. The zero-order valence-electron chi connectivity index (χ0n) is 19.0. The van der Waals surface area contributed by atoms with E-state index in [-0.39, 0.29) is 35.6 Å². The molecule has 10 heteroatoms. The summed E-state index contributed by atoms with van der Waals surface area (Å²) in [7, 11) is 0. The van der Waals surface area contributed by atoms with E-state index in [2.05, 4.69) is 15.2 Å². The first-order valence-electron chi connectivity index (χ1n) is 10.5. The molecule has 170 valence electrons. The van der Waals surface area contributed by atoms with Crippen molar-refractivity contribution < 1.29 is 4.79 Å². The minimum absolute atomic E-state index is 0.0210. The topological polar surface area (TPSA) is 132 Å². The van der Waals surface area contributed by atoms with Gasteiger partial charge in [-0.2, -0.15) is 9.90 Å². The van der Waals surface area contributed by atoms with E-state index < -0.39 is 17.2 Å². The number of hydrogen-bond donors (Lipinski definition) is 2. The molecule has 3 rings (SSSR count). The lowest BCUT2D eigenvalue weighted by Crippen LogP contribution is -2.43. The monoisotopic (exact) mass is 439 g/mol. The lowest BCUT2D eigenvalue weighted by molar-refractivity contribution is 0.0977. The second-order valence-electron chi connectivity index (χ2n) is 8.57. The van der Waals surface area contributed by atoms with Gasteiger partial charge in [0.2, 0.25) is 0 Å². The standard InChI is InChI=1S/C22H29N7O3/c1-13(2)11-27(18-19(23)28(12-14(3)4)22(32)24-20(18)30)21(31)17-15(5)25-29(26-17)16-9-7-6-8-10-16/h6-10,13-14H,11-12,23H2,1-5H3,(H,24,30,32). The van der Waals surface area contributed by atoms with E-state index in [1.807, 2.05) is 58.0 Å². The number of para-hydroxylation sites is 1. The van der Waals surface area contributed by atoms with Gasteiger partial charge in [0.15, 0.2) is 11.4 Å². The molecule has 0 atom stereocenters. The molecule has 2 heterocycles. The third-order valence-corrected chi connectivity index (χ3v) is 4.80. The van der Waals surface area contributed by atoms with Gasteiger partial charge in [0.05, 0.1) is 11.4 Å². The summed E-state index contributed by atoms with van der Waals surface area (Å²) in [6.07, 6.45) is 0. The van der Waals surface area contributed by atoms with E-state index >= 15 is 0 Å². The minimum Gasteiger partial charge on any atom is -0.383 e. The van der Waals surface area contributed by atoms with Crippen LogP contribution in [0.3, 0.4) is 0 Å². The fraction of sp³-hybridized carbons (Fsp3) is 0.409. The lowest BCUT2D eigenvalue weighted by atomic mass is 10.1. The predicted octanol–water partition coefficient (Wildman–Crippen LogP) is 1.97. The van der Waals surface area contributed by atoms with E-state index in [0.717, 1.165) is 0 Å². The number of carbonyl (C=O) groups excluding carboxylic acids is 1. The first-order valence-corrected chi connectivity index (χ1v) is 10.5. The molecule has 0 fully saturated rings. The van der Waals surface area contributed by atoms with Crippen molar-refractivity contribution in [3.8, 4) is 5.69 Å². The lowest BCUT2D eigenvalue weighted by Gasteiger charge is -2.25. The van der Waals surface area contributed by atoms with Crippen molar-refractivity contribution in [3.63, 3.8) is 0 Å². The van der Waals surface area contributed by atoms with Crippen molar-refractivity contribution in [1.29, 1.82) is 0 Å². The summed E-state index contributed by atoms with van der Waals surface area (Å²) in [6, 6.07) is 9.21. The molecule has 32 heavy (non-hydrogen) atoms. The number of nitrogens with one attached hydrogen (secondary N) is 1. The average Bonchev–Trinajstić information content (AvgIpc) is 3.11. The Bertz CT molecular complexity index is 1220. The van der Waals surface area contributed by atoms with Crippen LogP contribution in [-0.4, -0.2) is 37.0 Å². The van der Waals surface area contributed by atoms with Crippen LogP contribution in [0.4, 0.5) is 11.5 Å². The van der Waals surface area contributed by atoms with Crippen LogP contribution in [0.2, 0.25) is 0 Å². The van der Waals surface area contributed by atoms with Crippen LogP contribution in [0, 0.1) is 18.8 Å². The smallest absolute Gasteiger partial charge is 0.330 e. The number of rotatable bonds is 7. The first-order chi connectivity index (χ1) is 15.1. The van der Waals surface area contributed by atoms with Crippen LogP contribution in [0.15, 0.2) is 39.9 Å². The minimum atomic E-state index is -0.713. The summed E-state index contributed by atoms with van der Waals surface area (Å²) in [5.74, 6) is -0.427. The van der Waals surface area contributed by atoms with Gasteiger partial charge >= 0.3 is 5.69 Å². The maximum absolute atomic E-state index is 13.6. The molecule has 0 unspecified atom stereocenters. The average molecular weight is 440 g/mol. The quantitative estimate of drug-likeness (QED) is 0.578. The second-order valence-corrected chi connectivity index (χ2v) is 8.57. The Balaban J connectivity index is 2.13. The van der Waals surface area contributed by atoms with E-state index in [1.165, 1.54) is 14.3 Å². The third-order valence-electron chi connectivity index (χ3n) is 4.80. The highest BCUT2D eigenvalue weighted by Crippen LogP contribution is 2.22. The van der Waals surface area contributed by atoms with E-state index in [9.17, 15) is 14.4 Å². The molecule has 0 bridgehead atoms. The van der Waals surface area contributed by atoms with Gasteiger partial charge in [0.25, 0.3) is 11.5 Å². The van der Waals surface area contributed by atoms with Gasteiger partial charge in [-0.25, -0.2) is 4.79 Å². The van der Waals surface area contributed by atoms with Crippen LogP contribution < -0.4 is 21.9 Å². The van der Waals surface area contributed by atoms with E-state index in [0.29, 0.717) is 17.9 Å². The van der Waals surface area contributed by atoms with E-state index in [1.54, 1.807) is 6.92 Å². The number of H-pyrrole nitrogens is 1. The number of nitrogens with zero attached hydrogens (tertiary/aromatic N) is 5. The summed E-state index contributed by atoms with van der Waals surface area (Å²) < 4.78 is 1.29. The molecular formula is C22H29N7O3. The summed E-state index contributed by atoms with van der Waals surface area (Å²) >= 11 is 0. The second kappa shape index (κ2) is 9.21. The van der Waals surface area contributed by atoms with Crippen LogP contribution in [0.5, 0.6) is 0 Å². The summed E-state index contributed by atoms with van der Waals surface area (Å²) in [4.78, 5) is 43.7. The number of carbonyl (C=O) groups is 1. The number of nitrogen functional groups attached to an aromatic ring is 1. The SMILES string of the molecule is Cc1nn(-c2ccccc2)nc1C(=O)N(CC(C)C)c1c(N)n(CC(C)C)c(=O)[nH]c1=O. The maximum atomic E-state index is 13.6. The Hall–Kier alpha value is -3.69. The van der Waals surface area contributed by atoms with E-state index in [4.69, 9.17) is 5.73 Å². The Morgan fingerprint density at radius 2 is 1.75 bits per heavy atom. The summed E-state index contributed by atoms with van der Waals surface area (Å²) in [5.41, 5.74) is 6.12. The molecule has 1 amide bonds. The van der Waals surface area contributed by atoms with Crippen LogP contribution in [-0.2, 0) is 6.54 Å². The number of aryl methyl sites for hydroxylation is 1. The molecule has 0 aliphatic carbocycles. The fourth-order valence-corrected chi connectivity index (χ4v) is 3.41. The molecule has 0 aliphatic heterocycles. The number of benzene rings is 1. The largest absolute Gasteiger partial charge is 0.383 e. The molecule has 0 saturated carbocycles. The zero-order chi connectivity index (χ0) is 23.6. The molecule has 0 aliphatic rings. The summed E-state index contributed by atoms with van der Waals surface area (Å²) in [5, 5.41) is 8.73. The number of anilines is 2. The number of aromatic nitrogens is 5. The van der Waals surface area contributed by atoms with Gasteiger partial charge in [-0.3, -0.25) is 24.0 Å². The van der Waals surface area contributed by atoms with Crippen LogP contribution in [0.25, 0.3) is 5.69 Å². The molecular weight excluding hydrogens is 410 g/mol. The Morgan fingerprint density at radius 1 is 1.09 bits per heavy atom. The zero-order valence-corrected chi connectivity index (χ0v) is 19.0. The van der Waals surface area contributed by atoms with Gasteiger partial charge in [-0.05, 0) is 30.9 Å². The molecule has 3 aromatic rings. The van der Waals surface area contributed by atoms with Crippen molar-refractivity contribution in [2.24, 2.45) is 11.8 Å². The molecule has 3 N–H and O–H groups in total. The molecule has 0 saturated heterocycles. The van der Waals surface area contributed by atoms with Crippen LogP contribution >= 0.6 is 0 Å². The van der Waals surface area contributed by atoms with Gasteiger partial charge < -0.3 is 5.73 Å². The van der Waals surface area contributed by atoms with Gasteiger partial charge in [0, 0.05) is 13.1 Å². The molecule has 10 nitrogen and oxygen atoms in total. The highest BCUT2D eigenvalue weighted by molar-refractivity contribution is 6.06. The predicted molar refractivity (Wildman–Crippen MR) is 123 cm³/mol. The van der Waals surface area contributed by atoms with Crippen LogP contribution in [0.1, 0.15) is 43.9 Å². The number of aromatic amines is 1. The normalized spacial score (nSPS) is 11.3. The van der Waals surface area contributed by atoms with Crippen molar-refractivity contribution in [2.45, 2.75) is 41.2 Å². The van der Waals surface area contributed by atoms with Crippen molar-refractivity contribution in [2.75, 3.05) is 17.2 Å². The number of hydrogen-bond acceptors (Lipinski definition) is 6. The van der Waals surface area contributed by atoms with Crippen molar-refractivity contribution in [3.05, 3.63) is 62.6 Å². The van der Waals surface area contributed by atoms with Gasteiger partial charge in [-0.15, -0.1) is 5.10 Å². The Kier molecular flexibility index (Phi) is 6.61. The molecule has 0 radical (unpaired) electrons. The maximum Gasteiger partial charge on any atom is 0.330 e. The van der Waals surface area contributed by atoms with Crippen molar-refractivity contribution >= 4 is 17.4 Å². The molecule has 1 aromatic carbocycles.